The summed E-state index contributed by atoms with van der Waals surface area (Å²) in [6, 6.07) is 37.5. The molecule has 15 nitrogen and oxygen atoms in total. The van der Waals surface area contributed by atoms with Gasteiger partial charge in [-0.3, -0.25) is 0 Å². The monoisotopic (exact) mass is 920 g/mol. The number of hydrogen-bond acceptors (Lipinski definition) is 13. The standard InChI is InChI=1S/C51H52N8O7S/c1-6-10-46-53-43(48(51(61)64-7-2)59(46)29-34-13-19-36(20-14-34)40-11-8-9-12-41(40)49-54-56-57-55-49)32-67-39-25-26-42-44(28-39)58(3)47(52-42)31-65-38-23-15-33(16-24-38)27-45(50(60)63-5)66-30-35-17-21-37(62-4)22-18-35/h8-9,11-26,28,45H,6-7,10,27,29-32H2,1-5H3,(H,54,55,56,57). The highest BCUT2D eigenvalue weighted by atomic mass is 32.2. The van der Waals surface area contributed by atoms with Gasteiger partial charge in [0.2, 0.25) is 0 Å². The maximum absolute atomic E-state index is 13.7. The smallest absolute Gasteiger partial charge is 0.356 e. The van der Waals surface area contributed by atoms with E-state index in [1.54, 1.807) is 18.9 Å². The van der Waals surface area contributed by atoms with Crippen LogP contribution in [-0.4, -0.2) is 78.6 Å². The van der Waals surface area contributed by atoms with Gasteiger partial charge in [0.25, 0.3) is 0 Å². The van der Waals surface area contributed by atoms with Crippen LogP contribution in [0.15, 0.2) is 120 Å². The lowest BCUT2D eigenvalue weighted by Gasteiger charge is -2.16. The van der Waals surface area contributed by atoms with E-state index in [0.29, 0.717) is 48.1 Å². The lowest BCUT2D eigenvalue weighted by Crippen LogP contribution is -2.28. The van der Waals surface area contributed by atoms with Crippen molar-refractivity contribution < 1.29 is 33.3 Å². The molecule has 3 heterocycles. The van der Waals surface area contributed by atoms with Gasteiger partial charge in [-0.25, -0.2) is 24.7 Å². The number of rotatable bonds is 21. The molecule has 0 saturated carbocycles. The molecule has 1 unspecified atom stereocenters. The van der Waals surface area contributed by atoms with Crippen molar-refractivity contribution in [2.45, 2.75) is 69.6 Å². The number of methoxy groups -OCH3 is 2. The maximum atomic E-state index is 13.7. The van der Waals surface area contributed by atoms with Gasteiger partial charge in [0.15, 0.2) is 17.6 Å². The summed E-state index contributed by atoms with van der Waals surface area (Å²) in [7, 11) is 4.95. The largest absolute Gasteiger partial charge is 0.497 e. The third kappa shape index (κ3) is 11.0. The Morgan fingerprint density at radius 3 is 2.22 bits per heavy atom. The highest BCUT2D eigenvalue weighted by Crippen LogP contribution is 2.32. The van der Waals surface area contributed by atoms with Crippen LogP contribution in [0.4, 0.5) is 0 Å². The minimum absolute atomic E-state index is 0.250. The van der Waals surface area contributed by atoms with Gasteiger partial charge >= 0.3 is 11.9 Å². The van der Waals surface area contributed by atoms with Crippen molar-refractivity contribution in [2.24, 2.45) is 7.05 Å². The van der Waals surface area contributed by atoms with Crippen molar-refractivity contribution in [1.82, 2.24) is 39.7 Å². The molecule has 0 saturated heterocycles. The van der Waals surface area contributed by atoms with Gasteiger partial charge in [-0.2, -0.15) is 0 Å². The van der Waals surface area contributed by atoms with Crippen molar-refractivity contribution in [3.05, 3.63) is 155 Å². The first-order valence-electron chi connectivity index (χ1n) is 22.0. The minimum atomic E-state index is -0.770. The zero-order chi connectivity index (χ0) is 46.7. The highest BCUT2D eigenvalue weighted by molar-refractivity contribution is 7.98. The van der Waals surface area contributed by atoms with E-state index < -0.39 is 12.1 Å². The molecule has 16 heteroatoms. The zero-order valence-electron chi connectivity index (χ0n) is 38.1. The third-order valence-electron chi connectivity index (χ3n) is 11.3. The molecule has 0 radical (unpaired) electrons. The average molecular weight is 921 g/mol. The summed E-state index contributed by atoms with van der Waals surface area (Å²) >= 11 is 1.61. The Labute approximate surface area is 392 Å². The number of aromatic amines is 1. The zero-order valence-corrected chi connectivity index (χ0v) is 38.9. The number of carbonyl (C=O) groups is 2. The van der Waals surface area contributed by atoms with E-state index in [9.17, 15) is 9.59 Å². The van der Waals surface area contributed by atoms with Gasteiger partial charge in [-0.15, -0.1) is 16.9 Å². The van der Waals surface area contributed by atoms with Crippen LogP contribution in [0.1, 0.15) is 64.8 Å². The van der Waals surface area contributed by atoms with E-state index in [1.165, 1.54) is 7.11 Å². The van der Waals surface area contributed by atoms with Crippen LogP contribution in [-0.2, 0) is 64.4 Å². The fraction of sp³-hybridized carbons (Fsp3) is 0.275. The molecule has 0 bridgehead atoms. The number of imidazole rings is 2. The molecule has 5 aromatic carbocycles. The van der Waals surface area contributed by atoms with Crippen molar-refractivity contribution in [2.75, 3.05) is 20.8 Å². The van der Waals surface area contributed by atoms with Crippen LogP contribution < -0.4 is 9.47 Å². The highest BCUT2D eigenvalue weighted by Gasteiger charge is 2.25. The molecule has 0 spiro atoms. The SMILES string of the molecule is CCCc1nc(CSc2ccc3nc(COc4ccc(CC(OCc5ccc(OC)cc5)C(=O)OC)cc4)n(C)c3c2)c(C(=O)OCC)n1Cc1ccc(-c2ccccc2-c2nnn[nH]2)cc1. The van der Waals surface area contributed by atoms with Gasteiger partial charge in [-0.05, 0) is 94.1 Å². The third-order valence-corrected chi connectivity index (χ3v) is 12.3. The number of benzene rings is 5. The second kappa shape index (κ2) is 21.8. The Bertz CT molecular complexity index is 2920. The number of carbonyl (C=O) groups excluding carboxylic acids is 2. The number of nitrogens with zero attached hydrogens (tertiary/aromatic N) is 7. The first-order valence-corrected chi connectivity index (χ1v) is 23.0. The van der Waals surface area contributed by atoms with E-state index in [4.69, 9.17) is 33.7 Å². The normalized spacial score (nSPS) is 11.7. The summed E-state index contributed by atoms with van der Waals surface area (Å²) in [5.41, 5.74) is 8.72. The molecule has 0 amide bonds. The summed E-state index contributed by atoms with van der Waals surface area (Å²) in [5, 5.41) is 14.5. The van der Waals surface area contributed by atoms with E-state index in [2.05, 4.69) is 57.9 Å². The number of nitrogens with one attached hydrogen (secondary N) is 1. The first-order chi connectivity index (χ1) is 32.7. The number of ether oxygens (including phenoxy) is 5. The number of tetrazole rings is 1. The lowest BCUT2D eigenvalue weighted by molar-refractivity contribution is -0.154. The molecule has 0 aliphatic carbocycles. The van der Waals surface area contributed by atoms with Gasteiger partial charge in [0, 0.05) is 42.6 Å². The maximum Gasteiger partial charge on any atom is 0.356 e. The molecule has 0 aliphatic rings. The number of H-pyrrole nitrogens is 1. The summed E-state index contributed by atoms with van der Waals surface area (Å²) in [5.74, 6) is 3.26. The minimum Gasteiger partial charge on any atom is -0.497 e. The first kappa shape index (κ1) is 46.2. The Hall–Kier alpha value is -7.30. The Morgan fingerprint density at radius 1 is 0.791 bits per heavy atom. The number of hydrogen-bond donors (Lipinski definition) is 1. The Morgan fingerprint density at radius 2 is 1.52 bits per heavy atom. The van der Waals surface area contributed by atoms with Crippen molar-refractivity contribution in [3.63, 3.8) is 0 Å². The topological polar surface area (TPSA) is 170 Å². The van der Waals surface area contributed by atoms with Crippen molar-refractivity contribution in [3.8, 4) is 34.0 Å². The molecular weight excluding hydrogens is 869 g/mol. The summed E-state index contributed by atoms with van der Waals surface area (Å²) < 4.78 is 32.1. The molecule has 8 aromatic rings. The van der Waals surface area contributed by atoms with E-state index in [-0.39, 0.29) is 25.8 Å². The summed E-state index contributed by atoms with van der Waals surface area (Å²) in [6.45, 7) is 5.14. The van der Waals surface area contributed by atoms with Gasteiger partial charge < -0.3 is 32.8 Å². The number of fused-ring (bicyclic) bond motifs is 1. The molecule has 67 heavy (non-hydrogen) atoms. The van der Waals surface area contributed by atoms with Crippen LogP contribution >= 0.6 is 11.8 Å². The predicted octanol–water partition coefficient (Wildman–Crippen LogP) is 8.98. The Balaban J connectivity index is 0.928. The fourth-order valence-corrected chi connectivity index (χ4v) is 8.65. The van der Waals surface area contributed by atoms with Crippen LogP contribution in [0.25, 0.3) is 33.5 Å². The lowest BCUT2D eigenvalue weighted by atomic mass is 9.98. The number of aromatic nitrogens is 8. The van der Waals surface area contributed by atoms with E-state index in [0.717, 1.165) is 73.1 Å². The van der Waals surface area contributed by atoms with Crippen LogP contribution in [0.5, 0.6) is 11.5 Å². The van der Waals surface area contributed by atoms with Crippen LogP contribution in [0.2, 0.25) is 0 Å². The van der Waals surface area contributed by atoms with Gasteiger partial charge in [-0.1, -0.05) is 79.7 Å². The van der Waals surface area contributed by atoms with E-state index in [1.807, 2.05) is 108 Å². The van der Waals surface area contributed by atoms with Gasteiger partial charge in [0.05, 0.1) is 44.2 Å². The molecule has 0 fully saturated rings. The second-order valence-electron chi connectivity index (χ2n) is 15.7. The van der Waals surface area contributed by atoms with E-state index >= 15 is 0 Å². The molecule has 0 aliphatic heterocycles. The Kier molecular flexibility index (Phi) is 15.0. The van der Waals surface area contributed by atoms with Crippen LogP contribution in [0, 0.1) is 0 Å². The van der Waals surface area contributed by atoms with Crippen molar-refractivity contribution in [1.29, 1.82) is 0 Å². The second-order valence-corrected chi connectivity index (χ2v) is 16.8. The number of aryl methyl sites for hydroxylation is 2. The quantitative estimate of drug-likeness (QED) is 0.0536. The molecule has 1 N–H and O–H groups in total. The molecular formula is C51H52N8O7S. The van der Waals surface area contributed by atoms with Crippen molar-refractivity contribution >= 4 is 34.7 Å². The fourth-order valence-electron chi connectivity index (χ4n) is 7.79. The average Bonchev–Trinajstić information content (AvgIpc) is 4.10. The molecule has 344 valence electrons. The molecule has 8 rings (SSSR count). The van der Waals surface area contributed by atoms with Crippen LogP contribution in [0.3, 0.4) is 0 Å². The predicted molar refractivity (Wildman–Crippen MR) is 255 cm³/mol. The number of thioether (sulfide) groups is 1. The summed E-state index contributed by atoms with van der Waals surface area (Å²) in [4.78, 5) is 37.2. The molecule has 1 atom stereocenters. The molecule has 3 aromatic heterocycles. The number of esters is 2. The van der Waals surface area contributed by atoms with Gasteiger partial charge in [0.1, 0.15) is 29.8 Å². The summed E-state index contributed by atoms with van der Waals surface area (Å²) in [6.07, 6.45) is 1.15.